The number of carbonyl (C=O) groups excluding carboxylic acids is 1. The number of hydrogen-bond donors (Lipinski definition) is 2. The largest absolute Gasteiger partial charge is 0.462 e. The molecule has 0 saturated heterocycles. The van der Waals surface area contributed by atoms with E-state index in [1.54, 1.807) is 11.9 Å². The predicted octanol–water partition coefficient (Wildman–Crippen LogP) is 3.79. The number of benzene rings is 1. The van der Waals surface area contributed by atoms with Crippen molar-refractivity contribution in [2.45, 2.75) is 50.1 Å². The third-order valence-electron chi connectivity index (χ3n) is 4.22. The average Bonchev–Trinajstić information content (AvgIpc) is 2.55. The Bertz CT molecular complexity index is 515. The number of fused-ring (bicyclic) bond motifs is 1. The van der Waals surface area contributed by atoms with Gasteiger partial charge in [0.05, 0.1) is 24.0 Å². The summed E-state index contributed by atoms with van der Waals surface area (Å²) >= 11 is 1.62. The monoisotopic (exact) mass is 306 g/mol. The van der Waals surface area contributed by atoms with Crippen molar-refractivity contribution in [3.63, 3.8) is 0 Å². The minimum Gasteiger partial charge on any atom is -0.462 e. The molecule has 1 aliphatic carbocycles. The van der Waals surface area contributed by atoms with Crippen molar-refractivity contribution >= 4 is 23.6 Å². The average molecular weight is 306 g/mol. The molecule has 1 aromatic rings. The van der Waals surface area contributed by atoms with Gasteiger partial charge in [-0.25, -0.2) is 9.52 Å². The van der Waals surface area contributed by atoms with Gasteiger partial charge in [-0.3, -0.25) is 0 Å². The van der Waals surface area contributed by atoms with Crippen LogP contribution < -0.4 is 10.0 Å². The molecular weight excluding hydrogens is 284 g/mol. The second kappa shape index (κ2) is 6.71. The summed E-state index contributed by atoms with van der Waals surface area (Å²) in [5.74, 6) is 0.444. The van der Waals surface area contributed by atoms with Gasteiger partial charge in [0.2, 0.25) is 0 Å². The summed E-state index contributed by atoms with van der Waals surface area (Å²) in [4.78, 5) is 12.8. The molecule has 0 radical (unpaired) electrons. The Labute approximate surface area is 130 Å². The quantitative estimate of drug-likeness (QED) is 0.657. The maximum atomic E-state index is 11.8. The van der Waals surface area contributed by atoms with Crippen molar-refractivity contribution in [3.8, 4) is 0 Å². The zero-order valence-electron chi connectivity index (χ0n) is 12.4. The third kappa shape index (κ3) is 3.35. The molecule has 1 atom stereocenters. The lowest BCUT2D eigenvalue weighted by Crippen LogP contribution is -2.42. The molecule has 1 heterocycles. The van der Waals surface area contributed by atoms with Crippen LogP contribution in [0, 0.1) is 5.92 Å². The standard InChI is InChI=1S/C16H22N2O2S/c1-2-20-16(19)12-8-9-13-14(10-12)21-18-15(17-13)11-6-4-3-5-7-11/h8-11,15,17-18H,2-7H2,1H3. The minimum absolute atomic E-state index is 0.254. The molecule has 21 heavy (non-hydrogen) atoms. The summed E-state index contributed by atoms with van der Waals surface area (Å²) in [6.45, 7) is 2.23. The molecule has 5 heteroatoms. The van der Waals surface area contributed by atoms with Gasteiger partial charge in [0.1, 0.15) is 0 Å². The van der Waals surface area contributed by atoms with Crippen LogP contribution in [-0.2, 0) is 4.74 Å². The first-order valence-electron chi connectivity index (χ1n) is 7.78. The van der Waals surface area contributed by atoms with Crippen LogP contribution in [-0.4, -0.2) is 18.7 Å². The SMILES string of the molecule is CCOC(=O)c1ccc2c(c1)SNC(C1CCCCC1)N2. The lowest BCUT2D eigenvalue weighted by atomic mass is 9.87. The van der Waals surface area contributed by atoms with E-state index in [4.69, 9.17) is 4.74 Å². The van der Waals surface area contributed by atoms with Crippen LogP contribution in [0.2, 0.25) is 0 Å². The Kier molecular flexibility index (Phi) is 4.70. The highest BCUT2D eigenvalue weighted by Crippen LogP contribution is 2.36. The van der Waals surface area contributed by atoms with Gasteiger partial charge in [-0.15, -0.1) is 0 Å². The molecule has 1 unspecified atom stereocenters. The zero-order valence-corrected chi connectivity index (χ0v) is 13.2. The van der Waals surface area contributed by atoms with Gasteiger partial charge in [-0.1, -0.05) is 19.3 Å². The molecule has 3 rings (SSSR count). The number of rotatable bonds is 3. The van der Waals surface area contributed by atoms with E-state index in [2.05, 4.69) is 10.0 Å². The lowest BCUT2D eigenvalue weighted by Gasteiger charge is -2.35. The molecular formula is C16H22N2O2S. The Balaban J connectivity index is 1.70. The molecule has 2 aliphatic rings. The minimum atomic E-state index is -0.254. The molecule has 2 N–H and O–H groups in total. The molecule has 4 nitrogen and oxygen atoms in total. The number of anilines is 1. The normalized spacial score (nSPS) is 22.2. The Morgan fingerprint density at radius 1 is 1.33 bits per heavy atom. The van der Waals surface area contributed by atoms with E-state index in [1.165, 1.54) is 32.1 Å². The van der Waals surface area contributed by atoms with Crippen LogP contribution in [0.4, 0.5) is 5.69 Å². The van der Waals surface area contributed by atoms with Gasteiger partial charge >= 0.3 is 5.97 Å². The van der Waals surface area contributed by atoms with Crippen molar-refractivity contribution in [3.05, 3.63) is 23.8 Å². The molecule has 0 amide bonds. The van der Waals surface area contributed by atoms with Crippen molar-refractivity contribution in [2.24, 2.45) is 5.92 Å². The molecule has 0 bridgehead atoms. The smallest absolute Gasteiger partial charge is 0.338 e. The van der Waals surface area contributed by atoms with E-state index in [-0.39, 0.29) is 5.97 Å². The first-order valence-corrected chi connectivity index (χ1v) is 8.59. The third-order valence-corrected chi connectivity index (χ3v) is 5.15. The second-order valence-electron chi connectivity index (χ2n) is 5.67. The predicted molar refractivity (Wildman–Crippen MR) is 85.4 cm³/mol. The van der Waals surface area contributed by atoms with E-state index in [9.17, 15) is 4.79 Å². The van der Waals surface area contributed by atoms with Crippen molar-refractivity contribution in [1.29, 1.82) is 0 Å². The summed E-state index contributed by atoms with van der Waals surface area (Å²) in [5.41, 5.74) is 1.73. The summed E-state index contributed by atoms with van der Waals surface area (Å²) < 4.78 is 8.54. The van der Waals surface area contributed by atoms with Crippen LogP contribution >= 0.6 is 11.9 Å². The number of carbonyl (C=O) groups is 1. The Morgan fingerprint density at radius 2 is 2.14 bits per heavy atom. The first-order chi connectivity index (χ1) is 10.3. The van der Waals surface area contributed by atoms with E-state index in [1.807, 2.05) is 25.1 Å². The van der Waals surface area contributed by atoms with E-state index in [0.29, 0.717) is 24.3 Å². The van der Waals surface area contributed by atoms with Crippen LogP contribution in [0.5, 0.6) is 0 Å². The summed E-state index contributed by atoms with van der Waals surface area (Å²) in [6, 6.07) is 5.73. The number of hydrogen-bond acceptors (Lipinski definition) is 5. The summed E-state index contributed by atoms with van der Waals surface area (Å²) in [7, 11) is 0. The molecule has 0 spiro atoms. The van der Waals surface area contributed by atoms with Crippen molar-refractivity contribution in [1.82, 2.24) is 4.72 Å². The zero-order chi connectivity index (χ0) is 14.7. The molecule has 114 valence electrons. The molecule has 1 saturated carbocycles. The number of nitrogens with one attached hydrogen (secondary N) is 2. The maximum Gasteiger partial charge on any atom is 0.338 e. The lowest BCUT2D eigenvalue weighted by molar-refractivity contribution is 0.0526. The maximum absolute atomic E-state index is 11.8. The molecule has 1 aromatic carbocycles. The highest BCUT2D eigenvalue weighted by atomic mass is 32.2. The summed E-state index contributed by atoms with van der Waals surface area (Å²) in [5, 5.41) is 3.58. The Hall–Kier alpha value is -1.20. The van der Waals surface area contributed by atoms with Gasteiger partial charge < -0.3 is 10.1 Å². The fourth-order valence-corrected chi connectivity index (χ4v) is 4.00. The highest BCUT2D eigenvalue weighted by molar-refractivity contribution is 7.97. The molecule has 0 aromatic heterocycles. The van der Waals surface area contributed by atoms with Crippen LogP contribution in [0.25, 0.3) is 0 Å². The van der Waals surface area contributed by atoms with Gasteiger partial charge in [-0.05, 0) is 55.8 Å². The van der Waals surface area contributed by atoms with Crippen LogP contribution in [0.1, 0.15) is 49.4 Å². The van der Waals surface area contributed by atoms with E-state index < -0.39 is 0 Å². The fraction of sp³-hybridized carbons (Fsp3) is 0.562. The fourth-order valence-electron chi connectivity index (χ4n) is 3.07. The van der Waals surface area contributed by atoms with E-state index in [0.717, 1.165) is 10.6 Å². The number of esters is 1. The first kappa shape index (κ1) is 14.7. The topological polar surface area (TPSA) is 50.4 Å². The molecule has 1 aliphatic heterocycles. The summed E-state index contributed by atoms with van der Waals surface area (Å²) in [6.07, 6.45) is 6.96. The van der Waals surface area contributed by atoms with Gasteiger partial charge in [0, 0.05) is 4.90 Å². The van der Waals surface area contributed by atoms with Crippen molar-refractivity contribution in [2.75, 3.05) is 11.9 Å². The highest BCUT2D eigenvalue weighted by Gasteiger charge is 2.27. The number of ether oxygens (including phenoxy) is 1. The second-order valence-corrected chi connectivity index (χ2v) is 6.55. The van der Waals surface area contributed by atoms with Crippen LogP contribution in [0.15, 0.2) is 23.1 Å². The van der Waals surface area contributed by atoms with Crippen LogP contribution in [0.3, 0.4) is 0 Å². The molecule has 1 fully saturated rings. The van der Waals surface area contributed by atoms with Crippen molar-refractivity contribution < 1.29 is 9.53 Å². The van der Waals surface area contributed by atoms with Gasteiger partial charge in [0.15, 0.2) is 0 Å². The van der Waals surface area contributed by atoms with E-state index >= 15 is 0 Å². The Morgan fingerprint density at radius 3 is 2.90 bits per heavy atom. The van der Waals surface area contributed by atoms with Gasteiger partial charge in [-0.2, -0.15) is 0 Å². The van der Waals surface area contributed by atoms with Gasteiger partial charge in [0.25, 0.3) is 0 Å².